The van der Waals surface area contributed by atoms with Gasteiger partial charge in [-0.3, -0.25) is 10.1 Å². The molecule has 112 valence electrons. The Bertz CT molecular complexity index is 722. The van der Waals surface area contributed by atoms with E-state index in [-0.39, 0.29) is 22.5 Å². The van der Waals surface area contributed by atoms with Gasteiger partial charge in [0, 0.05) is 17.8 Å². The van der Waals surface area contributed by atoms with Gasteiger partial charge in [0.05, 0.1) is 21.7 Å². The molecule has 0 aromatic heterocycles. The van der Waals surface area contributed by atoms with Gasteiger partial charge in [0.2, 0.25) is 0 Å². The third-order valence-corrected chi connectivity index (χ3v) is 2.87. The average molecular weight is 302 g/mol. The lowest BCUT2D eigenvalue weighted by atomic mass is 10.1. The number of hydrogen-bond acceptors (Lipinski definition) is 5. The molecule has 0 atom stereocenters. The van der Waals surface area contributed by atoms with Crippen LogP contribution < -0.4 is 5.32 Å². The van der Waals surface area contributed by atoms with Crippen molar-refractivity contribution in [2.24, 2.45) is 0 Å². The van der Waals surface area contributed by atoms with Crippen LogP contribution in [0.1, 0.15) is 20.7 Å². The molecule has 0 bridgehead atoms. The normalized spacial score (nSPS) is 10.0. The number of rotatable bonds is 5. The van der Waals surface area contributed by atoms with E-state index in [2.05, 4.69) is 5.32 Å². The summed E-state index contributed by atoms with van der Waals surface area (Å²) < 4.78 is 0. The summed E-state index contributed by atoms with van der Waals surface area (Å²) in [7, 11) is 0. The highest BCUT2D eigenvalue weighted by atomic mass is 16.6. The zero-order chi connectivity index (χ0) is 16.3. The van der Waals surface area contributed by atoms with Gasteiger partial charge in [0.15, 0.2) is 0 Å². The second-order valence-corrected chi connectivity index (χ2v) is 4.27. The van der Waals surface area contributed by atoms with Crippen LogP contribution in [0.5, 0.6) is 0 Å². The van der Waals surface area contributed by atoms with Crippen LogP contribution in [0, 0.1) is 10.1 Å². The maximum absolute atomic E-state index is 11.2. The summed E-state index contributed by atoms with van der Waals surface area (Å²) in [4.78, 5) is 32.4. The predicted molar refractivity (Wildman–Crippen MR) is 76.7 cm³/mol. The fraction of sp³-hybridized carbons (Fsp3) is 0. The van der Waals surface area contributed by atoms with Gasteiger partial charge in [-0.25, -0.2) is 9.59 Å². The Kier molecular flexibility index (Phi) is 4.03. The second kappa shape index (κ2) is 5.92. The highest BCUT2D eigenvalue weighted by Crippen LogP contribution is 2.26. The van der Waals surface area contributed by atoms with Crippen LogP contribution in [-0.4, -0.2) is 27.1 Å². The highest BCUT2D eigenvalue weighted by Gasteiger charge is 2.18. The van der Waals surface area contributed by atoms with Gasteiger partial charge in [0.25, 0.3) is 5.69 Å². The summed E-state index contributed by atoms with van der Waals surface area (Å²) in [5.74, 6) is -2.57. The monoisotopic (exact) mass is 302 g/mol. The van der Waals surface area contributed by atoms with E-state index in [9.17, 15) is 19.7 Å². The van der Waals surface area contributed by atoms with Crippen LogP contribution in [0.15, 0.2) is 42.5 Å². The van der Waals surface area contributed by atoms with Gasteiger partial charge in [-0.1, -0.05) is 6.07 Å². The minimum atomic E-state index is -1.28. The first-order valence-electron chi connectivity index (χ1n) is 6.01. The number of nitro groups is 1. The molecule has 2 rings (SSSR count). The third-order valence-electron chi connectivity index (χ3n) is 2.87. The lowest BCUT2D eigenvalue weighted by Crippen LogP contribution is -2.09. The minimum Gasteiger partial charge on any atom is -0.478 e. The van der Waals surface area contributed by atoms with Crippen molar-refractivity contribution in [2.45, 2.75) is 0 Å². The van der Waals surface area contributed by atoms with Crippen molar-refractivity contribution in [1.82, 2.24) is 0 Å². The van der Waals surface area contributed by atoms with Crippen LogP contribution in [0.4, 0.5) is 17.1 Å². The van der Waals surface area contributed by atoms with Crippen molar-refractivity contribution in [2.75, 3.05) is 5.32 Å². The van der Waals surface area contributed by atoms with E-state index in [1.165, 1.54) is 42.5 Å². The fourth-order valence-corrected chi connectivity index (χ4v) is 1.85. The van der Waals surface area contributed by atoms with Gasteiger partial charge >= 0.3 is 11.9 Å². The molecular formula is C14H10N2O6. The van der Waals surface area contributed by atoms with Gasteiger partial charge in [-0.05, 0) is 24.3 Å². The summed E-state index contributed by atoms with van der Waals surface area (Å²) in [5, 5.41) is 31.6. The molecule has 22 heavy (non-hydrogen) atoms. The Hall–Kier alpha value is -3.42. The van der Waals surface area contributed by atoms with Crippen molar-refractivity contribution in [3.8, 4) is 0 Å². The Labute approximate surface area is 123 Å². The first-order valence-corrected chi connectivity index (χ1v) is 6.01. The third kappa shape index (κ3) is 3.01. The number of carbonyl (C=O) groups is 2. The van der Waals surface area contributed by atoms with Crippen LogP contribution in [0.3, 0.4) is 0 Å². The van der Waals surface area contributed by atoms with E-state index in [4.69, 9.17) is 10.2 Å². The molecule has 0 unspecified atom stereocenters. The number of nitro benzene ring substituents is 1. The molecule has 0 saturated carbocycles. The number of para-hydroxylation sites is 1. The smallest absolute Gasteiger partial charge is 0.337 e. The Balaban J connectivity index is 2.45. The number of non-ortho nitro benzene ring substituents is 1. The van der Waals surface area contributed by atoms with E-state index in [1.54, 1.807) is 0 Å². The molecule has 0 amide bonds. The Morgan fingerprint density at radius 2 is 1.45 bits per heavy atom. The molecule has 0 radical (unpaired) electrons. The number of anilines is 2. The number of nitrogens with one attached hydrogen (secondary N) is 1. The molecule has 0 spiro atoms. The molecule has 8 heteroatoms. The molecule has 0 aliphatic carbocycles. The van der Waals surface area contributed by atoms with Crippen molar-refractivity contribution >= 4 is 29.0 Å². The van der Waals surface area contributed by atoms with Crippen molar-refractivity contribution in [3.05, 3.63) is 63.7 Å². The summed E-state index contributed by atoms with van der Waals surface area (Å²) in [6.45, 7) is 0. The quantitative estimate of drug-likeness (QED) is 0.571. The van der Waals surface area contributed by atoms with Crippen molar-refractivity contribution in [1.29, 1.82) is 0 Å². The summed E-state index contributed by atoms with van der Waals surface area (Å²) >= 11 is 0. The van der Waals surface area contributed by atoms with Crippen LogP contribution in [0.2, 0.25) is 0 Å². The summed E-state index contributed by atoms with van der Waals surface area (Å²) in [6, 6.07) is 9.04. The topological polar surface area (TPSA) is 130 Å². The van der Waals surface area contributed by atoms with E-state index in [0.717, 1.165) is 0 Å². The molecule has 3 N–H and O–H groups in total. The number of aromatic carboxylic acids is 2. The molecule has 0 aliphatic rings. The maximum atomic E-state index is 11.2. The highest BCUT2D eigenvalue weighted by molar-refractivity contribution is 6.04. The van der Waals surface area contributed by atoms with Crippen LogP contribution in [-0.2, 0) is 0 Å². The van der Waals surface area contributed by atoms with Gasteiger partial charge in [0.1, 0.15) is 0 Å². The number of carboxylic acids is 2. The molecule has 0 aliphatic heterocycles. The first-order chi connectivity index (χ1) is 10.4. The first kappa shape index (κ1) is 15.0. The van der Waals surface area contributed by atoms with E-state index < -0.39 is 16.9 Å². The van der Waals surface area contributed by atoms with Gasteiger partial charge in [-0.2, -0.15) is 0 Å². The van der Waals surface area contributed by atoms with Crippen LogP contribution in [0.25, 0.3) is 0 Å². The number of hydrogen-bond donors (Lipinski definition) is 3. The van der Waals surface area contributed by atoms with Gasteiger partial charge < -0.3 is 15.5 Å². The van der Waals surface area contributed by atoms with Crippen molar-refractivity contribution in [3.63, 3.8) is 0 Å². The standard InChI is InChI=1S/C14H10N2O6/c17-13(18)10-2-1-3-11(14(19)20)12(10)15-8-4-6-9(7-5-8)16(21)22/h1-7,15H,(H,17,18)(H,19,20). The molecule has 0 saturated heterocycles. The summed E-state index contributed by atoms with van der Waals surface area (Å²) in [6.07, 6.45) is 0. The number of carboxylic acid groups (broad SMARTS) is 2. The molecule has 2 aromatic carbocycles. The lowest BCUT2D eigenvalue weighted by molar-refractivity contribution is -0.384. The Morgan fingerprint density at radius 1 is 0.955 bits per heavy atom. The largest absolute Gasteiger partial charge is 0.478 e. The fourth-order valence-electron chi connectivity index (χ4n) is 1.85. The SMILES string of the molecule is O=C(O)c1cccc(C(=O)O)c1Nc1ccc([N+](=O)[O-])cc1. The number of nitrogens with zero attached hydrogens (tertiary/aromatic N) is 1. The molecule has 2 aromatic rings. The van der Waals surface area contributed by atoms with E-state index in [0.29, 0.717) is 5.69 Å². The Morgan fingerprint density at radius 3 is 1.86 bits per heavy atom. The number of benzene rings is 2. The van der Waals surface area contributed by atoms with Crippen LogP contribution >= 0.6 is 0 Å². The van der Waals surface area contributed by atoms with Crippen molar-refractivity contribution < 1.29 is 24.7 Å². The minimum absolute atomic E-state index is 0.0867. The lowest BCUT2D eigenvalue weighted by Gasteiger charge is -2.12. The van der Waals surface area contributed by atoms with E-state index >= 15 is 0 Å². The molecule has 0 heterocycles. The zero-order valence-electron chi connectivity index (χ0n) is 11.0. The van der Waals surface area contributed by atoms with E-state index in [1.807, 2.05) is 0 Å². The maximum Gasteiger partial charge on any atom is 0.337 e. The second-order valence-electron chi connectivity index (χ2n) is 4.27. The zero-order valence-corrected chi connectivity index (χ0v) is 11.0. The molecule has 0 fully saturated rings. The summed E-state index contributed by atoms with van der Waals surface area (Å²) in [5.41, 5.74) is -0.301. The molecule has 8 nitrogen and oxygen atoms in total. The van der Waals surface area contributed by atoms with Gasteiger partial charge in [-0.15, -0.1) is 0 Å². The predicted octanol–water partition coefficient (Wildman–Crippen LogP) is 2.73. The average Bonchev–Trinajstić information content (AvgIpc) is 2.47. The molecular weight excluding hydrogens is 292 g/mol.